The number of ether oxygens (including phenoxy) is 1. The third-order valence-corrected chi connectivity index (χ3v) is 4.65. The second-order valence-electron chi connectivity index (χ2n) is 6.77. The number of pyridine rings is 1. The molecule has 25 heavy (non-hydrogen) atoms. The van der Waals surface area contributed by atoms with E-state index in [-0.39, 0.29) is 18.4 Å². The Kier molecular flexibility index (Phi) is 3.68. The number of fused-ring (bicyclic) bond motifs is 2. The second kappa shape index (κ2) is 5.88. The molecule has 4 heteroatoms. The Morgan fingerprint density at radius 2 is 2.08 bits per heavy atom. The molecule has 2 aromatic carbocycles. The summed E-state index contributed by atoms with van der Waals surface area (Å²) in [6, 6.07) is 14.3. The van der Waals surface area contributed by atoms with Crippen molar-refractivity contribution in [2.75, 3.05) is 0 Å². The van der Waals surface area contributed by atoms with Crippen LogP contribution in [-0.2, 0) is 17.6 Å². The van der Waals surface area contributed by atoms with Gasteiger partial charge in [0.15, 0.2) is 0 Å². The lowest BCUT2D eigenvalue weighted by molar-refractivity contribution is -0.117. The summed E-state index contributed by atoms with van der Waals surface area (Å²) in [6.45, 7) is 4.16. The van der Waals surface area contributed by atoms with Crippen LogP contribution in [0.25, 0.3) is 22.2 Å². The van der Waals surface area contributed by atoms with E-state index in [0.717, 1.165) is 45.5 Å². The fraction of sp³-hybridized carbons (Fsp3) is 0.238. The summed E-state index contributed by atoms with van der Waals surface area (Å²) < 4.78 is 5.78. The van der Waals surface area contributed by atoms with Gasteiger partial charge in [-0.15, -0.1) is 0 Å². The van der Waals surface area contributed by atoms with Crippen LogP contribution in [0.15, 0.2) is 42.5 Å². The average molecular weight is 332 g/mol. The van der Waals surface area contributed by atoms with E-state index in [1.54, 1.807) is 0 Å². The molecule has 0 aliphatic carbocycles. The Labute approximate surface area is 146 Å². The van der Waals surface area contributed by atoms with Crippen molar-refractivity contribution >= 4 is 16.8 Å². The largest absolute Gasteiger partial charge is 0.490 e. The average Bonchev–Trinajstić information content (AvgIpc) is 2.93. The van der Waals surface area contributed by atoms with Crippen molar-refractivity contribution in [3.8, 4) is 17.0 Å². The lowest BCUT2D eigenvalue weighted by atomic mass is 10.0. The molecule has 2 heterocycles. The van der Waals surface area contributed by atoms with E-state index in [4.69, 9.17) is 15.5 Å². The zero-order valence-corrected chi connectivity index (χ0v) is 14.4. The predicted molar refractivity (Wildman–Crippen MR) is 98.6 cm³/mol. The molecule has 1 aliphatic rings. The van der Waals surface area contributed by atoms with Gasteiger partial charge in [-0.3, -0.25) is 4.79 Å². The maximum atomic E-state index is 11.2. The van der Waals surface area contributed by atoms with Crippen molar-refractivity contribution in [1.82, 2.24) is 4.98 Å². The number of nitrogens with two attached hydrogens (primary N) is 1. The number of amides is 1. The van der Waals surface area contributed by atoms with E-state index in [2.05, 4.69) is 32.0 Å². The van der Waals surface area contributed by atoms with Crippen molar-refractivity contribution < 1.29 is 9.53 Å². The normalized spacial score (nSPS) is 15.8. The van der Waals surface area contributed by atoms with Gasteiger partial charge in [0.2, 0.25) is 5.91 Å². The van der Waals surface area contributed by atoms with Crippen LogP contribution in [0.3, 0.4) is 0 Å². The molecule has 4 nitrogen and oxygen atoms in total. The van der Waals surface area contributed by atoms with Gasteiger partial charge in [-0.05, 0) is 60.9 Å². The third kappa shape index (κ3) is 2.95. The number of benzene rings is 2. The standard InChI is InChI=1S/C21H20N2O2/c1-12-7-18(15-4-6-20-16(11-15)8-13(2)25-20)23-19-9-14(10-21(22)24)3-5-17(12)19/h3-7,9,11,13H,8,10H2,1-2H3,(H2,22,24). The Hall–Kier alpha value is -2.88. The van der Waals surface area contributed by atoms with Crippen molar-refractivity contribution in [3.05, 3.63) is 59.2 Å². The Morgan fingerprint density at radius 3 is 2.88 bits per heavy atom. The molecule has 0 saturated carbocycles. The first kappa shape index (κ1) is 15.6. The van der Waals surface area contributed by atoms with E-state index in [9.17, 15) is 4.79 Å². The quantitative estimate of drug-likeness (QED) is 0.797. The number of aromatic nitrogens is 1. The molecule has 1 aliphatic heterocycles. The zero-order chi connectivity index (χ0) is 17.6. The van der Waals surface area contributed by atoms with Gasteiger partial charge in [0, 0.05) is 17.4 Å². The summed E-state index contributed by atoms with van der Waals surface area (Å²) in [5.74, 6) is 0.637. The molecule has 1 amide bonds. The fourth-order valence-corrected chi connectivity index (χ4v) is 3.49. The smallest absolute Gasteiger partial charge is 0.221 e. The second-order valence-corrected chi connectivity index (χ2v) is 6.77. The maximum Gasteiger partial charge on any atom is 0.221 e. The molecule has 0 radical (unpaired) electrons. The summed E-state index contributed by atoms with van der Waals surface area (Å²) in [5, 5.41) is 1.09. The molecular weight excluding hydrogens is 312 g/mol. The minimum atomic E-state index is -0.333. The van der Waals surface area contributed by atoms with E-state index in [1.807, 2.05) is 24.3 Å². The monoisotopic (exact) mass is 332 g/mol. The molecule has 0 spiro atoms. The molecule has 1 aromatic heterocycles. The van der Waals surface area contributed by atoms with Crippen LogP contribution in [0.1, 0.15) is 23.6 Å². The van der Waals surface area contributed by atoms with Gasteiger partial charge in [0.1, 0.15) is 11.9 Å². The molecule has 0 saturated heterocycles. The number of rotatable bonds is 3. The van der Waals surface area contributed by atoms with Crippen molar-refractivity contribution in [2.45, 2.75) is 32.8 Å². The molecule has 3 aromatic rings. The summed E-state index contributed by atoms with van der Waals surface area (Å²) in [4.78, 5) is 16.0. The molecule has 2 N–H and O–H groups in total. The van der Waals surface area contributed by atoms with Gasteiger partial charge in [-0.25, -0.2) is 4.98 Å². The van der Waals surface area contributed by atoms with Crippen LogP contribution in [-0.4, -0.2) is 17.0 Å². The van der Waals surface area contributed by atoms with Gasteiger partial charge in [-0.1, -0.05) is 12.1 Å². The molecule has 0 bridgehead atoms. The molecular formula is C21H20N2O2. The number of primary amides is 1. The highest BCUT2D eigenvalue weighted by atomic mass is 16.5. The Bertz CT molecular complexity index is 995. The van der Waals surface area contributed by atoms with Crippen LogP contribution < -0.4 is 10.5 Å². The number of nitrogens with zero attached hydrogens (tertiary/aromatic N) is 1. The van der Waals surface area contributed by atoms with Crippen LogP contribution in [0, 0.1) is 6.92 Å². The topological polar surface area (TPSA) is 65.2 Å². The fourth-order valence-electron chi connectivity index (χ4n) is 3.49. The SMILES string of the molecule is Cc1cc(-c2ccc3c(c2)CC(C)O3)nc2cc(CC(N)=O)ccc12. The molecule has 4 rings (SSSR count). The van der Waals surface area contributed by atoms with Crippen molar-refractivity contribution in [2.24, 2.45) is 5.73 Å². The summed E-state index contributed by atoms with van der Waals surface area (Å²) in [6.07, 6.45) is 1.39. The van der Waals surface area contributed by atoms with Gasteiger partial charge in [-0.2, -0.15) is 0 Å². The highest BCUT2D eigenvalue weighted by Gasteiger charge is 2.19. The van der Waals surface area contributed by atoms with Gasteiger partial charge in [0.05, 0.1) is 17.6 Å². The van der Waals surface area contributed by atoms with E-state index in [0.29, 0.717) is 0 Å². The lowest BCUT2D eigenvalue weighted by Crippen LogP contribution is -2.13. The first-order chi connectivity index (χ1) is 12.0. The number of hydrogen-bond donors (Lipinski definition) is 1. The van der Waals surface area contributed by atoms with Crippen LogP contribution in [0.4, 0.5) is 0 Å². The summed E-state index contributed by atoms with van der Waals surface area (Å²) in [5.41, 5.74) is 11.5. The molecule has 1 unspecified atom stereocenters. The lowest BCUT2D eigenvalue weighted by Gasteiger charge is -2.09. The Morgan fingerprint density at radius 1 is 1.24 bits per heavy atom. The number of carbonyl (C=O) groups is 1. The van der Waals surface area contributed by atoms with Gasteiger partial charge in [0.25, 0.3) is 0 Å². The van der Waals surface area contributed by atoms with E-state index >= 15 is 0 Å². The first-order valence-corrected chi connectivity index (χ1v) is 8.48. The van der Waals surface area contributed by atoms with Gasteiger partial charge >= 0.3 is 0 Å². The van der Waals surface area contributed by atoms with Crippen LogP contribution in [0.2, 0.25) is 0 Å². The summed E-state index contributed by atoms with van der Waals surface area (Å²) in [7, 11) is 0. The van der Waals surface area contributed by atoms with Crippen molar-refractivity contribution in [3.63, 3.8) is 0 Å². The van der Waals surface area contributed by atoms with Crippen molar-refractivity contribution in [1.29, 1.82) is 0 Å². The van der Waals surface area contributed by atoms with Crippen LogP contribution in [0.5, 0.6) is 5.75 Å². The van der Waals surface area contributed by atoms with E-state index in [1.165, 1.54) is 5.56 Å². The minimum absolute atomic E-state index is 0.230. The minimum Gasteiger partial charge on any atom is -0.490 e. The Balaban J connectivity index is 1.80. The zero-order valence-electron chi connectivity index (χ0n) is 14.4. The number of aryl methyl sites for hydroxylation is 1. The molecule has 0 fully saturated rings. The van der Waals surface area contributed by atoms with Crippen LogP contribution >= 0.6 is 0 Å². The van der Waals surface area contributed by atoms with Gasteiger partial charge < -0.3 is 10.5 Å². The molecule has 126 valence electrons. The predicted octanol–water partition coefficient (Wildman–Crippen LogP) is 3.56. The highest BCUT2D eigenvalue weighted by Crippen LogP contribution is 2.33. The summed E-state index contributed by atoms with van der Waals surface area (Å²) >= 11 is 0. The number of hydrogen-bond acceptors (Lipinski definition) is 3. The third-order valence-electron chi connectivity index (χ3n) is 4.65. The maximum absolute atomic E-state index is 11.2. The first-order valence-electron chi connectivity index (χ1n) is 8.48. The van der Waals surface area contributed by atoms with E-state index < -0.39 is 0 Å². The molecule has 1 atom stereocenters. The number of carbonyl (C=O) groups excluding carboxylic acids is 1. The highest BCUT2D eigenvalue weighted by molar-refractivity contribution is 5.87.